The third kappa shape index (κ3) is 2.82. The zero-order valence-electron chi connectivity index (χ0n) is 22.5. The van der Waals surface area contributed by atoms with Crippen molar-refractivity contribution in [1.82, 2.24) is 9.55 Å². The molecule has 0 bridgehead atoms. The lowest BCUT2D eigenvalue weighted by atomic mass is 9.92. The topological polar surface area (TPSA) is 31.0 Å². The molecule has 0 atom stereocenters. The summed E-state index contributed by atoms with van der Waals surface area (Å²) in [6, 6.07) is 47.5. The van der Waals surface area contributed by atoms with Crippen LogP contribution in [0, 0.1) is 0 Å². The Balaban J connectivity index is 1.36. The number of aromatic nitrogens is 2. The normalized spacial score (nSPS) is 12.3. The lowest BCUT2D eigenvalue weighted by Crippen LogP contribution is -1.99. The van der Waals surface area contributed by atoms with Crippen LogP contribution in [0.5, 0.6) is 0 Å². The van der Waals surface area contributed by atoms with Crippen molar-refractivity contribution in [3.05, 3.63) is 133 Å². The minimum atomic E-state index is 0.915. The van der Waals surface area contributed by atoms with E-state index < -0.39 is 0 Å². The van der Waals surface area contributed by atoms with Crippen molar-refractivity contribution in [1.29, 1.82) is 0 Å². The Labute approximate surface area is 240 Å². The second-order valence-electron chi connectivity index (χ2n) is 11.1. The highest BCUT2D eigenvalue weighted by Gasteiger charge is 2.26. The number of benzene rings is 6. The second kappa shape index (κ2) is 7.96. The molecule has 3 heteroatoms. The Hall–Kier alpha value is -5.67. The van der Waals surface area contributed by atoms with E-state index in [0.717, 1.165) is 50.0 Å². The van der Waals surface area contributed by atoms with E-state index in [-0.39, 0.29) is 0 Å². The quantitative estimate of drug-likeness (QED) is 0.221. The summed E-state index contributed by atoms with van der Waals surface area (Å²) in [5, 5.41) is 7.36. The third-order valence-corrected chi connectivity index (χ3v) is 8.93. The van der Waals surface area contributed by atoms with Crippen LogP contribution in [0.15, 0.2) is 138 Å². The van der Waals surface area contributed by atoms with Crippen LogP contribution >= 0.6 is 0 Å². The maximum absolute atomic E-state index is 6.39. The van der Waals surface area contributed by atoms with E-state index in [1.165, 1.54) is 43.8 Å². The molecule has 1 aliphatic rings. The first-order chi connectivity index (χ1) is 20.8. The summed E-state index contributed by atoms with van der Waals surface area (Å²) in [6.07, 6.45) is 0. The molecule has 3 nitrogen and oxygen atoms in total. The Morgan fingerprint density at radius 3 is 2.17 bits per heavy atom. The summed E-state index contributed by atoms with van der Waals surface area (Å²) in [5.41, 5.74) is 11.1. The van der Waals surface area contributed by atoms with Crippen molar-refractivity contribution >= 4 is 54.5 Å². The lowest BCUT2D eigenvalue weighted by molar-refractivity contribution is 0.669. The molecular formula is C39H22N2O. The van der Waals surface area contributed by atoms with Gasteiger partial charge in [-0.2, -0.15) is 0 Å². The number of para-hydroxylation sites is 1. The molecule has 10 rings (SSSR count). The predicted octanol–water partition coefficient (Wildman–Crippen LogP) is 10.5. The number of nitrogens with zero attached hydrogens (tertiary/aromatic N) is 2. The van der Waals surface area contributed by atoms with Crippen LogP contribution in [-0.2, 0) is 0 Å². The first kappa shape index (κ1) is 22.1. The van der Waals surface area contributed by atoms with Crippen LogP contribution in [0.2, 0.25) is 0 Å². The molecule has 0 N–H and O–H groups in total. The number of hydrogen-bond donors (Lipinski definition) is 0. The van der Waals surface area contributed by atoms with Crippen molar-refractivity contribution in [3.8, 4) is 39.3 Å². The molecule has 0 spiro atoms. The van der Waals surface area contributed by atoms with Crippen molar-refractivity contribution in [2.45, 2.75) is 0 Å². The minimum absolute atomic E-state index is 0.915. The molecule has 0 fully saturated rings. The fourth-order valence-electron chi connectivity index (χ4n) is 7.16. The van der Waals surface area contributed by atoms with Gasteiger partial charge < -0.3 is 4.42 Å². The number of furan rings is 1. The smallest absolute Gasteiger partial charge is 0.138 e. The maximum Gasteiger partial charge on any atom is 0.138 e. The largest absolute Gasteiger partial charge is 0.456 e. The summed E-state index contributed by atoms with van der Waals surface area (Å²) in [6.45, 7) is 0. The van der Waals surface area contributed by atoms with Gasteiger partial charge >= 0.3 is 0 Å². The molecule has 1 aliphatic carbocycles. The lowest BCUT2D eigenvalue weighted by Gasteiger charge is -2.14. The summed E-state index contributed by atoms with van der Waals surface area (Å²) < 4.78 is 8.73. The molecule has 0 saturated carbocycles. The molecular weight excluding hydrogens is 512 g/mol. The third-order valence-electron chi connectivity index (χ3n) is 8.93. The van der Waals surface area contributed by atoms with Crippen LogP contribution in [-0.4, -0.2) is 9.55 Å². The highest BCUT2D eigenvalue weighted by atomic mass is 16.3. The van der Waals surface area contributed by atoms with Gasteiger partial charge in [0.2, 0.25) is 0 Å². The number of pyridine rings is 1. The average molecular weight is 535 g/mol. The fraction of sp³-hybridized carbons (Fsp3) is 0. The summed E-state index contributed by atoms with van der Waals surface area (Å²) in [5.74, 6) is 0.916. The van der Waals surface area contributed by atoms with Crippen LogP contribution < -0.4 is 0 Å². The van der Waals surface area contributed by atoms with Gasteiger partial charge in [0.1, 0.15) is 17.0 Å². The molecule has 0 aliphatic heterocycles. The zero-order chi connectivity index (χ0) is 27.4. The summed E-state index contributed by atoms with van der Waals surface area (Å²) in [4.78, 5) is 5.19. The van der Waals surface area contributed by atoms with Gasteiger partial charge in [0.25, 0.3) is 0 Å². The Morgan fingerprint density at radius 1 is 0.476 bits per heavy atom. The van der Waals surface area contributed by atoms with Crippen LogP contribution in [0.1, 0.15) is 0 Å². The molecule has 6 aromatic carbocycles. The molecule has 9 aromatic rings. The van der Waals surface area contributed by atoms with Crippen molar-refractivity contribution in [2.24, 2.45) is 0 Å². The van der Waals surface area contributed by atoms with Gasteiger partial charge in [-0.05, 0) is 75.5 Å². The van der Waals surface area contributed by atoms with E-state index in [1.54, 1.807) is 0 Å². The minimum Gasteiger partial charge on any atom is -0.456 e. The SMILES string of the molecule is c1ccc(-c2cccc(-n3c4cccc5c4c4c6c(cccc6ccc43)-c3cc4c(cc3-5)oc3ccccc34)n2)cc1. The molecule has 42 heavy (non-hydrogen) atoms. The van der Waals surface area contributed by atoms with Gasteiger partial charge in [-0.1, -0.05) is 91.0 Å². The van der Waals surface area contributed by atoms with E-state index in [1.807, 2.05) is 12.1 Å². The van der Waals surface area contributed by atoms with E-state index in [4.69, 9.17) is 9.40 Å². The van der Waals surface area contributed by atoms with Gasteiger partial charge in [-0.25, -0.2) is 4.98 Å². The molecule has 3 heterocycles. The molecule has 3 aromatic heterocycles. The van der Waals surface area contributed by atoms with Crippen molar-refractivity contribution in [2.75, 3.05) is 0 Å². The van der Waals surface area contributed by atoms with Gasteiger partial charge in [-0.15, -0.1) is 0 Å². The van der Waals surface area contributed by atoms with E-state index in [0.29, 0.717) is 0 Å². The van der Waals surface area contributed by atoms with Gasteiger partial charge in [0.05, 0.1) is 16.7 Å². The summed E-state index contributed by atoms with van der Waals surface area (Å²) >= 11 is 0. The number of rotatable bonds is 2. The Morgan fingerprint density at radius 2 is 1.24 bits per heavy atom. The molecule has 0 amide bonds. The first-order valence-electron chi connectivity index (χ1n) is 14.3. The van der Waals surface area contributed by atoms with Crippen LogP contribution in [0.4, 0.5) is 0 Å². The fourth-order valence-corrected chi connectivity index (χ4v) is 7.16. The maximum atomic E-state index is 6.39. The zero-order valence-corrected chi connectivity index (χ0v) is 22.5. The van der Waals surface area contributed by atoms with Crippen LogP contribution in [0.25, 0.3) is 93.8 Å². The average Bonchev–Trinajstić information content (AvgIpc) is 3.56. The highest BCUT2D eigenvalue weighted by molar-refractivity contribution is 6.31. The first-order valence-corrected chi connectivity index (χ1v) is 14.3. The highest BCUT2D eigenvalue weighted by Crippen LogP contribution is 2.51. The van der Waals surface area contributed by atoms with E-state index in [9.17, 15) is 0 Å². The summed E-state index contributed by atoms with van der Waals surface area (Å²) in [7, 11) is 0. The number of hydrogen-bond acceptors (Lipinski definition) is 2. The Bertz CT molecular complexity index is 2570. The van der Waals surface area contributed by atoms with Gasteiger partial charge in [-0.3, -0.25) is 4.57 Å². The van der Waals surface area contributed by atoms with Crippen molar-refractivity contribution in [3.63, 3.8) is 0 Å². The van der Waals surface area contributed by atoms with Crippen LogP contribution in [0.3, 0.4) is 0 Å². The van der Waals surface area contributed by atoms with Crippen molar-refractivity contribution < 1.29 is 4.42 Å². The number of fused-ring (bicyclic) bond motifs is 6. The van der Waals surface area contributed by atoms with Gasteiger partial charge in [0, 0.05) is 27.1 Å². The van der Waals surface area contributed by atoms with E-state index in [2.05, 4.69) is 126 Å². The Kier molecular flexibility index (Phi) is 4.18. The molecule has 0 saturated heterocycles. The second-order valence-corrected chi connectivity index (χ2v) is 11.1. The predicted molar refractivity (Wildman–Crippen MR) is 173 cm³/mol. The monoisotopic (exact) mass is 534 g/mol. The molecule has 0 radical (unpaired) electrons. The molecule has 194 valence electrons. The van der Waals surface area contributed by atoms with Gasteiger partial charge in [0.15, 0.2) is 0 Å². The van der Waals surface area contributed by atoms with E-state index >= 15 is 0 Å². The standard InChI is InChI=1S/C39H22N2O/c1-2-9-23(10-3-1)31-15-8-18-36(40-31)41-32-16-7-14-27-29-22-35-30(25-12-4-5-17-34(25)42-35)21-28(29)26-13-6-11-24-19-20-33(41)39(37(24)26)38(27)32/h1-22H. The molecule has 0 unspecified atom stereocenters.